The molecule has 4 rings (SSSR count). The van der Waals surface area contributed by atoms with Gasteiger partial charge < -0.3 is 15.0 Å². The number of imidazole rings is 1. The molecule has 2 aromatic carbocycles. The molecule has 2 heterocycles. The summed E-state index contributed by atoms with van der Waals surface area (Å²) in [6.45, 7) is 2.07. The van der Waals surface area contributed by atoms with Gasteiger partial charge in [-0.25, -0.2) is 18.5 Å². The smallest absolute Gasteiger partial charge is 0.238 e. The highest BCUT2D eigenvalue weighted by molar-refractivity contribution is 7.89. The number of nitrogens with one attached hydrogen (secondary N) is 2. The average Bonchev–Trinajstić information content (AvgIpc) is 3.14. The van der Waals surface area contributed by atoms with Crippen LogP contribution < -0.4 is 10.0 Å². The van der Waals surface area contributed by atoms with E-state index in [4.69, 9.17) is 10.5 Å². The molecule has 8 nitrogen and oxygen atoms in total. The van der Waals surface area contributed by atoms with Gasteiger partial charge in [0.1, 0.15) is 17.4 Å². The van der Waals surface area contributed by atoms with Crippen molar-refractivity contribution < 1.29 is 13.5 Å². The number of aliphatic hydroxyl groups is 1. The van der Waals surface area contributed by atoms with E-state index in [-0.39, 0.29) is 23.0 Å². The lowest BCUT2D eigenvalue weighted by Crippen LogP contribution is -2.26. The van der Waals surface area contributed by atoms with Crippen LogP contribution in [-0.4, -0.2) is 35.9 Å². The standard InChI is InChI=1S/C18H17N5O3S/c1-10-2-7-13-14(8-10)22-18(21-13)16-15(24)9-23(17(16)19)11-3-5-12(6-4-11)27(20,25)26/h2-8,19,24H,9H2,1H3,(H,21,22)(H2,20,25,26). The highest BCUT2D eigenvalue weighted by Crippen LogP contribution is 2.31. The molecule has 0 atom stereocenters. The Kier molecular flexibility index (Phi) is 3.79. The van der Waals surface area contributed by atoms with Crippen molar-refractivity contribution in [2.45, 2.75) is 11.8 Å². The summed E-state index contributed by atoms with van der Waals surface area (Å²) < 4.78 is 22.8. The normalized spacial score (nSPS) is 15.2. The number of benzene rings is 2. The first-order valence-corrected chi connectivity index (χ1v) is 9.67. The summed E-state index contributed by atoms with van der Waals surface area (Å²) in [5.41, 5.74) is 3.54. The van der Waals surface area contributed by atoms with Crippen molar-refractivity contribution in [2.75, 3.05) is 11.4 Å². The van der Waals surface area contributed by atoms with Gasteiger partial charge >= 0.3 is 0 Å². The summed E-state index contributed by atoms with van der Waals surface area (Å²) >= 11 is 0. The van der Waals surface area contributed by atoms with Gasteiger partial charge in [-0.15, -0.1) is 0 Å². The molecule has 3 aromatic rings. The second kappa shape index (κ2) is 5.93. The maximum atomic E-state index is 11.4. The number of nitrogens with two attached hydrogens (primary N) is 1. The van der Waals surface area contributed by atoms with Crippen LogP contribution in [0, 0.1) is 12.3 Å². The summed E-state index contributed by atoms with van der Waals surface area (Å²) in [4.78, 5) is 9.18. The zero-order valence-electron chi connectivity index (χ0n) is 14.4. The molecule has 1 aliphatic heterocycles. The number of nitrogens with zero attached hydrogens (tertiary/aromatic N) is 2. The van der Waals surface area contributed by atoms with E-state index < -0.39 is 10.0 Å². The fraction of sp³-hybridized carbons (Fsp3) is 0.111. The third kappa shape index (κ3) is 2.96. The van der Waals surface area contributed by atoms with E-state index in [1.165, 1.54) is 12.1 Å². The summed E-state index contributed by atoms with van der Waals surface area (Å²) in [5, 5.41) is 24.0. The Bertz CT molecular complexity index is 1210. The second-order valence-corrected chi connectivity index (χ2v) is 7.96. The van der Waals surface area contributed by atoms with Crippen LogP contribution in [-0.2, 0) is 10.0 Å². The van der Waals surface area contributed by atoms with Crippen molar-refractivity contribution in [3.8, 4) is 0 Å². The molecular weight excluding hydrogens is 366 g/mol. The Balaban J connectivity index is 1.68. The van der Waals surface area contributed by atoms with Crippen LogP contribution >= 0.6 is 0 Å². The maximum absolute atomic E-state index is 11.4. The van der Waals surface area contributed by atoms with Crippen LogP contribution in [0.1, 0.15) is 11.4 Å². The Morgan fingerprint density at radius 1 is 1.22 bits per heavy atom. The first-order chi connectivity index (χ1) is 12.7. The number of aromatic amines is 1. The lowest BCUT2D eigenvalue weighted by atomic mass is 10.2. The molecule has 0 radical (unpaired) electrons. The Hall–Kier alpha value is -3.17. The third-order valence-corrected chi connectivity index (χ3v) is 5.38. The molecule has 9 heteroatoms. The summed E-state index contributed by atoms with van der Waals surface area (Å²) in [6.07, 6.45) is 0. The molecule has 0 saturated heterocycles. The van der Waals surface area contributed by atoms with Gasteiger partial charge in [-0.1, -0.05) is 6.07 Å². The fourth-order valence-corrected chi connectivity index (χ4v) is 3.62. The van der Waals surface area contributed by atoms with Crippen molar-refractivity contribution in [1.82, 2.24) is 9.97 Å². The monoisotopic (exact) mass is 383 g/mol. The Labute approximate surface area is 155 Å². The summed E-state index contributed by atoms with van der Waals surface area (Å²) in [6, 6.07) is 11.6. The SMILES string of the molecule is Cc1ccc2nc(C3=C(O)CN(c4ccc(S(N)(=O)=O)cc4)C3=N)[nH]c2c1. The number of amidine groups is 1. The number of aromatic nitrogens is 2. The summed E-state index contributed by atoms with van der Waals surface area (Å²) in [7, 11) is -3.79. The molecule has 0 saturated carbocycles. The van der Waals surface area contributed by atoms with Crippen molar-refractivity contribution in [3.05, 3.63) is 59.6 Å². The van der Waals surface area contributed by atoms with Gasteiger partial charge in [0.25, 0.3) is 0 Å². The van der Waals surface area contributed by atoms with E-state index in [1.807, 2.05) is 25.1 Å². The van der Waals surface area contributed by atoms with Gasteiger partial charge in [0.2, 0.25) is 10.0 Å². The Morgan fingerprint density at radius 3 is 2.59 bits per heavy atom. The van der Waals surface area contributed by atoms with Gasteiger partial charge in [0.05, 0.1) is 28.0 Å². The number of anilines is 1. The van der Waals surface area contributed by atoms with Crippen molar-refractivity contribution in [2.24, 2.45) is 5.14 Å². The highest BCUT2D eigenvalue weighted by atomic mass is 32.2. The fourth-order valence-electron chi connectivity index (χ4n) is 3.11. The highest BCUT2D eigenvalue weighted by Gasteiger charge is 2.31. The lowest BCUT2D eigenvalue weighted by Gasteiger charge is -2.18. The number of hydrogen-bond donors (Lipinski definition) is 4. The molecular formula is C18H17N5O3S. The predicted molar refractivity (Wildman–Crippen MR) is 103 cm³/mol. The number of primary sulfonamides is 1. The van der Waals surface area contributed by atoms with Crippen LogP contribution in [0.3, 0.4) is 0 Å². The van der Waals surface area contributed by atoms with E-state index in [0.717, 1.165) is 16.6 Å². The molecule has 0 fully saturated rings. The van der Waals surface area contributed by atoms with Crippen molar-refractivity contribution >= 4 is 38.2 Å². The molecule has 0 bridgehead atoms. The summed E-state index contributed by atoms with van der Waals surface area (Å²) in [5.74, 6) is 0.514. The van der Waals surface area contributed by atoms with Gasteiger partial charge in [0.15, 0.2) is 0 Å². The van der Waals surface area contributed by atoms with E-state index >= 15 is 0 Å². The number of fused-ring (bicyclic) bond motifs is 1. The largest absolute Gasteiger partial charge is 0.509 e. The molecule has 0 unspecified atom stereocenters. The minimum atomic E-state index is -3.79. The molecule has 1 aliphatic rings. The second-order valence-electron chi connectivity index (χ2n) is 6.40. The molecule has 0 spiro atoms. The number of aryl methyl sites for hydroxylation is 1. The zero-order chi connectivity index (χ0) is 19.3. The van der Waals surface area contributed by atoms with Crippen LogP contribution in [0.2, 0.25) is 0 Å². The van der Waals surface area contributed by atoms with Crippen LogP contribution in [0.5, 0.6) is 0 Å². The topological polar surface area (TPSA) is 136 Å². The van der Waals surface area contributed by atoms with Gasteiger partial charge in [-0.3, -0.25) is 5.41 Å². The van der Waals surface area contributed by atoms with Gasteiger partial charge in [-0.2, -0.15) is 0 Å². The van der Waals surface area contributed by atoms with Gasteiger partial charge in [-0.05, 0) is 48.9 Å². The number of sulfonamides is 1. The first-order valence-electron chi connectivity index (χ1n) is 8.12. The Morgan fingerprint density at radius 2 is 1.93 bits per heavy atom. The van der Waals surface area contributed by atoms with Crippen LogP contribution in [0.25, 0.3) is 16.6 Å². The van der Waals surface area contributed by atoms with Crippen LogP contribution in [0.4, 0.5) is 5.69 Å². The van der Waals surface area contributed by atoms with E-state index in [9.17, 15) is 13.5 Å². The van der Waals surface area contributed by atoms with Crippen molar-refractivity contribution in [3.63, 3.8) is 0 Å². The predicted octanol–water partition coefficient (Wildman–Crippen LogP) is 2.29. The molecule has 1 aromatic heterocycles. The van der Waals surface area contributed by atoms with Crippen molar-refractivity contribution in [1.29, 1.82) is 5.41 Å². The minimum absolute atomic E-state index is 0.0120. The van der Waals surface area contributed by atoms with E-state index in [1.54, 1.807) is 17.0 Å². The maximum Gasteiger partial charge on any atom is 0.238 e. The first kappa shape index (κ1) is 17.3. The lowest BCUT2D eigenvalue weighted by molar-refractivity contribution is 0.411. The number of H-pyrrole nitrogens is 1. The molecule has 5 N–H and O–H groups in total. The molecule has 0 amide bonds. The molecule has 27 heavy (non-hydrogen) atoms. The minimum Gasteiger partial charge on any atom is -0.509 e. The third-order valence-electron chi connectivity index (χ3n) is 4.45. The molecule has 138 valence electrons. The number of rotatable bonds is 3. The van der Waals surface area contributed by atoms with E-state index in [2.05, 4.69) is 9.97 Å². The molecule has 0 aliphatic carbocycles. The number of aliphatic hydroxyl groups excluding tert-OH is 1. The zero-order valence-corrected chi connectivity index (χ0v) is 15.2. The van der Waals surface area contributed by atoms with E-state index in [0.29, 0.717) is 17.1 Å². The van der Waals surface area contributed by atoms with Crippen LogP contribution in [0.15, 0.2) is 53.1 Å². The number of hydrogen-bond acceptors (Lipinski definition) is 5. The van der Waals surface area contributed by atoms with Gasteiger partial charge in [0, 0.05) is 5.69 Å². The quantitative estimate of drug-likeness (QED) is 0.550. The average molecular weight is 383 g/mol.